The number of hydrogen-bond acceptors (Lipinski definition) is 3. The van der Waals surface area contributed by atoms with Crippen LogP contribution >= 0.6 is 0 Å². The van der Waals surface area contributed by atoms with Gasteiger partial charge >= 0.3 is 0 Å². The van der Waals surface area contributed by atoms with E-state index in [1.807, 2.05) is 0 Å². The van der Waals surface area contributed by atoms with Gasteiger partial charge in [0, 0.05) is 19.0 Å². The molecule has 2 unspecified atom stereocenters. The molecular formula is C12H22N4. The smallest absolute Gasteiger partial charge is 0.147 e. The number of nitrogens with one attached hydrogen (secondary N) is 1. The monoisotopic (exact) mass is 222 g/mol. The van der Waals surface area contributed by atoms with Gasteiger partial charge < -0.3 is 9.88 Å². The summed E-state index contributed by atoms with van der Waals surface area (Å²) in [4.78, 5) is 0. The first-order valence-corrected chi connectivity index (χ1v) is 6.35. The van der Waals surface area contributed by atoms with Crippen LogP contribution in [-0.2, 0) is 19.5 Å². The van der Waals surface area contributed by atoms with Crippen molar-refractivity contribution in [3.8, 4) is 0 Å². The Morgan fingerprint density at radius 2 is 2.31 bits per heavy atom. The molecule has 0 fully saturated rings. The molecule has 1 N–H and O–H groups in total. The molecule has 0 saturated heterocycles. The van der Waals surface area contributed by atoms with Gasteiger partial charge in [-0.2, -0.15) is 0 Å². The van der Waals surface area contributed by atoms with Crippen LogP contribution in [0, 0.1) is 5.92 Å². The topological polar surface area (TPSA) is 42.7 Å². The Hall–Kier alpha value is -0.900. The molecule has 1 aliphatic rings. The maximum atomic E-state index is 4.29. The Balaban J connectivity index is 2.01. The lowest BCUT2D eigenvalue weighted by molar-refractivity contribution is 0.397. The zero-order chi connectivity index (χ0) is 11.5. The van der Waals surface area contributed by atoms with Gasteiger partial charge in [0.2, 0.25) is 0 Å². The van der Waals surface area contributed by atoms with Crippen molar-refractivity contribution in [2.45, 2.75) is 59.2 Å². The predicted octanol–water partition coefficient (Wildman–Crippen LogP) is 1.75. The van der Waals surface area contributed by atoms with Crippen LogP contribution in [0.25, 0.3) is 0 Å². The highest BCUT2D eigenvalue weighted by Gasteiger charge is 2.19. The molecule has 0 spiro atoms. The van der Waals surface area contributed by atoms with Crippen molar-refractivity contribution in [2.75, 3.05) is 0 Å². The maximum Gasteiger partial charge on any atom is 0.147 e. The second kappa shape index (κ2) is 4.95. The van der Waals surface area contributed by atoms with E-state index in [2.05, 4.69) is 40.9 Å². The quantitative estimate of drug-likeness (QED) is 0.844. The summed E-state index contributed by atoms with van der Waals surface area (Å²) in [6.07, 6.45) is 3.48. The van der Waals surface area contributed by atoms with Crippen molar-refractivity contribution in [3.05, 3.63) is 11.6 Å². The van der Waals surface area contributed by atoms with Crippen molar-refractivity contribution >= 4 is 0 Å². The van der Waals surface area contributed by atoms with Crippen LogP contribution in [0.4, 0.5) is 0 Å². The fourth-order valence-electron chi connectivity index (χ4n) is 2.09. The number of nitrogens with zero attached hydrogens (tertiary/aromatic N) is 3. The summed E-state index contributed by atoms with van der Waals surface area (Å²) in [6, 6.07) is 0.551. The van der Waals surface area contributed by atoms with Gasteiger partial charge in [-0.3, -0.25) is 0 Å². The Kier molecular flexibility index (Phi) is 3.59. The summed E-state index contributed by atoms with van der Waals surface area (Å²) < 4.78 is 2.29. The van der Waals surface area contributed by atoms with Gasteiger partial charge in [0.15, 0.2) is 0 Å². The van der Waals surface area contributed by atoms with Crippen LogP contribution in [0.15, 0.2) is 0 Å². The first kappa shape index (κ1) is 11.6. The van der Waals surface area contributed by atoms with Crippen LogP contribution in [0.1, 0.15) is 45.3 Å². The SMILES string of the molecule is CCC(C)NCc1nnc2n1CCC(C)C2. The molecular weight excluding hydrogens is 200 g/mol. The highest BCUT2D eigenvalue weighted by atomic mass is 15.3. The first-order chi connectivity index (χ1) is 7.70. The molecule has 4 heteroatoms. The Morgan fingerprint density at radius 3 is 3.06 bits per heavy atom. The summed E-state index contributed by atoms with van der Waals surface area (Å²) in [5, 5.41) is 12.0. The van der Waals surface area contributed by atoms with Gasteiger partial charge in [-0.25, -0.2) is 0 Å². The average molecular weight is 222 g/mol. The van der Waals surface area contributed by atoms with Gasteiger partial charge in [0.05, 0.1) is 6.54 Å². The predicted molar refractivity (Wildman–Crippen MR) is 64.1 cm³/mol. The number of fused-ring (bicyclic) bond motifs is 1. The van der Waals surface area contributed by atoms with Crippen LogP contribution in [0.2, 0.25) is 0 Å². The Morgan fingerprint density at radius 1 is 1.50 bits per heavy atom. The minimum Gasteiger partial charge on any atom is -0.314 e. The van der Waals surface area contributed by atoms with Crippen molar-refractivity contribution in [3.63, 3.8) is 0 Å². The standard InChI is InChI=1S/C12H22N4/c1-4-10(3)13-8-12-15-14-11-7-9(2)5-6-16(11)12/h9-10,13H,4-8H2,1-3H3. The largest absolute Gasteiger partial charge is 0.314 e. The molecule has 90 valence electrons. The molecule has 2 atom stereocenters. The lowest BCUT2D eigenvalue weighted by Gasteiger charge is -2.20. The van der Waals surface area contributed by atoms with Crippen LogP contribution < -0.4 is 5.32 Å². The number of rotatable bonds is 4. The van der Waals surface area contributed by atoms with E-state index in [0.29, 0.717) is 6.04 Å². The maximum absolute atomic E-state index is 4.29. The van der Waals surface area contributed by atoms with Gasteiger partial charge in [-0.15, -0.1) is 10.2 Å². The van der Waals surface area contributed by atoms with Crippen molar-refractivity contribution in [1.82, 2.24) is 20.1 Å². The molecule has 0 aromatic carbocycles. The van der Waals surface area contributed by atoms with Gasteiger partial charge in [-0.1, -0.05) is 13.8 Å². The van der Waals surface area contributed by atoms with Crippen molar-refractivity contribution in [1.29, 1.82) is 0 Å². The minimum atomic E-state index is 0.551. The van der Waals surface area contributed by atoms with E-state index in [1.165, 1.54) is 12.2 Å². The third kappa shape index (κ3) is 2.43. The highest BCUT2D eigenvalue weighted by Crippen LogP contribution is 2.19. The molecule has 0 bridgehead atoms. The summed E-state index contributed by atoms with van der Waals surface area (Å²) in [5.74, 6) is 3.02. The third-order valence-corrected chi connectivity index (χ3v) is 3.50. The van der Waals surface area contributed by atoms with E-state index < -0.39 is 0 Å². The van der Waals surface area contributed by atoms with E-state index in [-0.39, 0.29) is 0 Å². The molecule has 0 radical (unpaired) electrons. The van der Waals surface area contributed by atoms with E-state index >= 15 is 0 Å². The number of aromatic nitrogens is 3. The second-order valence-electron chi connectivity index (χ2n) is 4.97. The van der Waals surface area contributed by atoms with Gasteiger partial charge in [0.25, 0.3) is 0 Å². The van der Waals surface area contributed by atoms with Gasteiger partial charge in [-0.05, 0) is 25.7 Å². The third-order valence-electron chi connectivity index (χ3n) is 3.50. The number of hydrogen-bond donors (Lipinski definition) is 1. The zero-order valence-corrected chi connectivity index (χ0v) is 10.5. The fraction of sp³-hybridized carbons (Fsp3) is 0.833. The molecule has 2 rings (SSSR count). The molecule has 0 amide bonds. The van der Waals surface area contributed by atoms with Crippen LogP contribution in [0.3, 0.4) is 0 Å². The molecule has 0 saturated carbocycles. The summed E-state index contributed by atoms with van der Waals surface area (Å²) in [6.45, 7) is 8.61. The summed E-state index contributed by atoms with van der Waals surface area (Å²) in [5.41, 5.74) is 0. The van der Waals surface area contributed by atoms with Crippen LogP contribution in [-0.4, -0.2) is 20.8 Å². The van der Waals surface area contributed by atoms with Crippen LogP contribution in [0.5, 0.6) is 0 Å². The lowest BCUT2D eigenvalue weighted by atomic mass is 10.0. The molecule has 1 aromatic rings. The van der Waals surface area contributed by atoms with E-state index in [0.717, 1.165) is 37.7 Å². The van der Waals surface area contributed by atoms with E-state index in [1.54, 1.807) is 0 Å². The highest BCUT2D eigenvalue weighted by molar-refractivity contribution is 5.00. The van der Waals surface area contributed by atoms with E-state index in [4.69, 9.17) is 0 Å². The molecule has 0 aliphatic carbocycles. The molecule has 1 aromatic heterocycles. The lowest BCUT2D eigenvalue weighted by Crippen LogP contribution is -2.27. The normalized spacial score (nSPS) is 21.8. The second-order valence-corrected chi connectivity index (χ2v) is 4.97. The van der Waals surface area contributed by atoms with Crippen molar-refractivity contribution in [2.24, 2.45) is 5.92 Å². The molecule has 16 heavy (non-hydrogen) atoms. The minimum absolute atomic E-state index is 0.551. The Labute approximate surface area is 97.5 Å². The molecule has 2 heterocycles. The zero-order valence-electron chi connectivity index (χ0n) is 10.5. The first-order valence-electron chi connectivity index (χ1n) is 6.35. The summed E-state index contributed by atoms with van der Waals surface area (Å²) in [7, 11) is 0. The Bertz CT molecular complexity index is 345. The van der Waals surface area contributed by atoms with E-state index in [9.17, 15) is 0 Å². The molecule has 4 nitrogen and oxygen atoms in total. The fourth-order valence-corrected chi connectivity index (χ4v) is 2.09. The van der Waals surface area contributed by atoms with Gasteiger partial charge in [0.1, 0.15) is 11.6 Å². The average Bonchev–Trinajstić information content (AvgIpc) is 2.68. The molecule has 1 aliphatic heterocycles. The summed E-state index contributed by atoms with van der Waals surface area (Å²) >= 11 is 0. The van der Waals surface area contributed by atoms with Crippen molar-refractivity contribution < 1.29 is 0 Å².